The third-order valence-corrected chi connectivity index (χ3v) is 3.31. The lowest BCUT2D eigenvalue weighted by molar-refractivity contribution is 0.177. The van der Waals surface area contributed by atoms with Gasteiger partial charge in [0, 0.05) is 10.9 Å². The highest BCUT2D eigenvalue weighted by atomic mass is 79.9. The summed E-state index contributed by atoms with van der Waals surface area (Å²) in [6, 6.07) is 13.3. The molecule has 0 aromatic heterocycles. The number of aliphatic hydroxyl groups is 1. The van der Waals surface area contributed by atoms with Crippen LogP contribution < -0.4 is 0 Å². The first kappa shape index (κ1) is 13.7. The van der Waals surface area contributed by atoms with Gasteiger partial charge in [0.25, 0.3) is 0 Å². The molecule has 1 atom stereocenters. The Kier molecular flexibility index (Phi) is 4.31. The van der Waals surface area contributed by atoms with Gasteiger partial charge in [-0.15, -0.1) is 0 Å². The summed E-state index contributed by atoms with van der Waals surface area (Å²) in [6.45, 7) is 0. The molecule has 2 rings (SSSR count). The quantitative estimate of drug-likeness (QED) is 0.936. The predicted octanol–water partition coefficient (Wildman–Crippen LogP) is 3.74. The Hall–Kier alpha value is -1.70. The standard InChI is InChI=1S/C15H11BrFNO/c16-13-4-5-14(17)12(7-13)8-15(19)11-3-1-2-10(6-11)9-18/h1-7,15,19H,8H2. The average molecular weight is 320 g/mol. The van der Waals surface area contributed by atoms with Crippen molar-refractivity contribution in [2.75, 3.05) is 0 Å². The van der Waals surface area contributed by atoms with Crippen LogP contribution in [-0.2, 0) is 6.42 Å². The Balaban J connectivity index is 2.23. The van der Waals surface area contributed by atoms with Crippen LogP contribution in [0.25, 0.3) is 0 Å². The minimum absolute atomic E-state index is 0.167. The van der Waals surface area contributed by atoms with Crippen molar-refractivity contribution in [2.24, 2.45) is 0 Å². The lowest BCUT2D eigenvalue weighted by Gasteiger charge is -2.12. The van der Waals surface area contributed by atoms with Crippen LogP contribution in [0.4, 0.5) is 4.39 Å². The van der Waals surface area contributed by atoms with Gasteiger partial charge < -0.3 is 5.11 Å². The summed E-state index contributed by atoms with van der Waals surface area (Å²) < 4.78 is 14.4. The van der Waals surface area contributed by atoms with Crippen molar-refractivity contribution in [2.45, 2.75) is 12.5 Å². The van der Waals surface area contributed by atoms with Crippen molar-refractivity contribution < 1.29 is 9.50 Å². The molecule has 2 aromatic carbocycles. The maximum absolute atomic E-state index is 13.6. The number of halogens is 2. The second kappa shape index (κ2) is 5.96. The Morgan fingerprint density at radius 1 is 1.26 bits per heavy atom. The topological polar surface area (TPSA) is 44.0 Å². The molecule has 19 heavy (non-hydrogen) atoms. The third kappa shape index (κ3) is 3.40. The average Bonchev–Trinajstić information content (AvgIpc) is 2.43. The molecule has 96 valence electrons. The second-order valence-electron chi connectivity index (χ2n) is 4.19. The van der Waals surface area contributed by atoms with Crippen molar-refractivity contribution in [3.8, 4) is 6.07 Å². The molecular formula is C15H11BrFNO. The molecule has 0 saturated carbocycles. The number of aliphatic hydroxyl groups excluding tert-OH is 1. The molecule has 0 radical (unpaired) electrons. The Bertz CT molecular complexity index is 636. The lowest BCUT2D eigenvalue weighted by Crippen LogP contribution is -2.04. The van der Waals surface area contributed by atoms with Gasteiger partial charge in [0.1, 0.15) is 5.82 Å². The molecule has 0 heterocycles. The number of benzene rings is 2. The molecule has 0 aliphatic rings. The molecule has 0 saturated heterocycles. The van der Waals surface area contributed by atoms with Crippen LogP contribution in [0.1, 0.15) is 22.8 Å². The molecule has 0 amide bonds. The summed E-state index contributed by atoms with van der Waals surface area (Å²) in [4.78, 5) is 0. The molecule has 2 nitrogen and oxygen atoms in total. The maximum atomic E-state index is 13.6. The van der Waals surface area contributed by atoms with E-state index < -0.39 is 6.10 Å². The van der Waals surface area contributed by atoms with Gasteiger partial charge in [0.05, 0.1) is 17.7 Å². The van der Waals surface area contributed by atoms with Crippen LogP contribution in [0.3, 0.4) is 0 Å². The van der Waals surface area contributed by atoms with Gasteiger partial charge in [-0.05, 0) is 41.5 Å². The molecule has 0 spiro atoms. The maximum Gasteiger partial charge on any atom is 0.126 e. The fourth-order valence-corrected chi connectivity index (χ4v) is 2.25. The van der Waals surface area contributed by atoms with E-state index in [4.69, 9.17) is 5.26 Å². The summed E-state index contributed by atoms with van der Waals surface area (Å²) in [5.41, 5.74) is 1.52. The Morgan fingerprint density at radius 2 is 2.05 bits per heavy atom. The molecule has 0 bridgehead atoms. The van der Waals surface area contributed by atoms with Crippen LogP contribution in [0.15, 0.2) is 46.9 Å². The van der Waals surface area contributed by atoms with Gasteiger partial charge in [0.2, 0.25) is 0 Å². The van der Waals surface area contributed by atoms with Gasteiger partial charge in [-0.25, -0.2) is 4.39 Å². The van der Waals surface area contributed by atoms with Crippen LogP contribution >= 0.6 is 15.9 Å². The van der Waals surface area contributed by atoms with E-state index in [9.17, 15) is 9.50 Å². The van der Waals surface area contributed by atoms with E-state index in [1.54, 1.807) is 36.4 Å². The van der Waals surface area contributed by atoms with Gasteiger partial charge in [-0.3, -0.25) is 0 Å². The minimum Gasteiger partial charge on any atom is -0.388 e. The number of nitrogens with zero attached hydrogens (tertiary/aromatic N) is 1. The van der Waals surface area contributed by atoms with Gasteiger partial charge in [0.15, 0.2) is 0 Å². The number of hydrogen-bond acceptors (Lipinski definition) is 2. The summed E-state index contributed by atoms with van der Waals surface area (Å²) in [5, 5.41) is 18.9. The van der Waals surface area contributed by atoms with Crippen LogP contribution in [0.5, 0.6) is 0 Å². The molecule has 4 heteroatoms. The smallest absolute Gasteiger partial charge is 0.126 e. The molecule has 1 unspecified atom stereocenters. The normalized spacial score (nSPS) is 11.9. The molecule has 0 aliphatic heterocycles. The zero-order chi connectivity index (χ0) is 13.8. The highest BCUT2D eigenvalue weighted by Crippen LogP contribution is 2.23. The van der Waals surface area contributed by atoms with E-state index in [1.165, 1.54) is 6.07 Å². The highest BCUT2D eigenvalue weighted by molar-refractivity contribution is 9.10. The van der Waals surface area contributed by atoms with E-state index >= 15 is 0 Å². The third-order valence-electron chi connectivity index (χ3n) is 2.82. The molecule has 2 aromatic rings. The number of hydrogen-bond donors (Lipinski definition) is 1. The summed E-state index contributed by atoms with van der Waals surface area (Å²) in [6.07, 6.45) is -0.669. The van der Waals surface area contributed by atoms with Crippen molar-refractivity contribution in [3.05, 3.63) is 69.4 Å². The first-order valence-electron chi connectivity index (χ1n) is 5.72. The molecule has 0 fully saturated rings. The van der Waals surface area contributed by atoms with Crippen molar-refractivity contribution in [1.82, 2.24) is 0 Å². The van der Waals surface area contributed by atoms with Gasteiger partial charge in [-0.1, -0.05) is 28.1 Å². The van der Waals surface area contributed by atoms with E-state index in [0.29, 0.717) is 16.7 Å². The van der Waals surface area contributed by atoms with Crippen LogP contribution in [-0.4, -0.2) is 5.11 Å². The molecular weight excluding hydrogens is 309 g/mol. The van der Waals surface area contributed by atoms with Crippen LogP contribution in [0, 0.1) is 17.1 Å². The van der Waals surface area contributed by atoms with E-state index in [-0.39, 0.29) is 12.2 Å². The zero-order valence-corrected chi connectivity index (χ0v) is 11.6. The number of rotatable bonds is 3. The van der Waals surface area contributed by atoms with Crippen molar-refractivity contribution in [3.63, 3.8) is 0 Å². The van der Waals surface area contributed by atoms with Crippen LogP contribution in [0.2, 0.25) is 0 Å². The minimum atomic E-state index is -0.836. The van der Waals surface area contributed by atoms with Gasteiger partial charge in [-0.2, -0.15) is 5.26 Å². The fourth-order valence-electron chi connectivity index (χ4n) is 1.84. The fraction of sp³-hybridized carbons (Fsp3) is 0.133. The zero-order valence-electron chi connectivity index (χ0n) is 9.98. The van der Waals surface area contributed by atoms with E-state index in [1.807, 2.05) is 6.07 Å². The highest BCUT2D eigenvalue weighted by Gasteiger charge is 2.12. The van der Waals surface area contributed by atoms with Gasteiger partial charge >= 0.3 is 0 Å². The number of nitriles is 1. The summed E-state index contributed by atoms with van der Waals surface area (Å²) in [7, 11) is 0. The lowest BCUT2D eigenvalue weighted by atomic mass is 10.00. The van der Waals surface area contributed by atoms with E-state index in [2.05, 4.69) is 15.9 Å². The predicted molar refractivity (Wildman–Crippen MR) is 73.9 cm³/mol. The molecule has 0 aliphatic carbocycles. The van der Waals surface area contributed by atoms with Crippen molar-refractivity contribution >= 4 is 15.9 Å². The van der Waals surface area contributed by atoms with E-state index in [0.717, 1.165) is 4.47 Å². The first-order valence-corrected chi connectivity index (χ1v) is 6.51. The molecule has 1 N–H and O–H groups in total. The SMILES string of the molecule is N#Cc1cccc(C(O)Cc2cc(Br)ccc2F)c1. The Morgan fingerprint density at radius 3 is 2.79 bits per heavy atom. The van der Waals surface area contributed by atoms with Crippen molar-refractivity contribution in [1.29, 1.82) is 5.26 Å². The summed E-state index contributed by atoms with van der Waals surface area (Å²) in [5.74, 6) is -0.348. The Labute approximate surface area is 119 Å². The second-order valence-corrected chi connectivity index (χ2v) is 5.11. The first-order chi connectivity index (χ1) is 9.10. The largest absolute Gasteiger partial charge is 0.388 e. The monoisotopic (exact) mass is 319 g/mol. The summed E-state index contributed by atoms with van der Waals surface area (Å²) >= 11 is 3.27.